The number of thioether (sulfide) groups is 1. The topological polar surface area (TPSA) is 44.5 Å². The second kappa shape index (κ2) is 7.96. The van der Waals surface area contributed by atoms with Crippen LogP contribution in [0.5, 0.6) is 11.5 Å². The zero-order chi connectivity index (χ0) is 15.1. The summed E-state index contributed by atoms with van der Waals surface area (Å²) in [5.74, 6) is 2.57. The van der Waals surface area contributed by atoms with E-state index in [-0.39, 0.29) is 6.04 Å². The van der Waals surface area contributed by atoms with Gasteiger partial charge in [-0.05, 0) is 42.8 Å². The summed E-state index contributed by atoms with van der Waals surface area (Å²) in [4.78, 5) is 1.16. The first-order valence-corrected chi connectivity index (χ1v) is 7.96. The molecule has 2 aromatic rings. The molecule has 0 aromatic heterocycles. The minimum atomic E-state index is -0.00289. The summed E-state index contributed by atoms with van der Waals surface area (Å²) in [6, 6.07) is 16.0. The van der Waals surface area contributed by atoms with Crippen LogP contribution in [-0.2, 0) is 0 Å². The van der Waals surface area contributed by atoms with E-state index in [0.29, 0.717) is 6.61 Å². The molecule has 112 valence electrons. The second-order valence-electron chi connectivity index (χ2n) is 4.60. The summed E-state index contributed by atoms with van der Waals surface area (Å²) in [7, 11) is 1.68. The Kier molecular flexibility index (Phi) is 5.96. The Morgan fingerprint density at radius 3 is 2.52 bits per heavy atom. The zero-order valence-electron chi connectivity index (χ0n) is 12.4. The van der Waals surface area contributed by atoms with Crippen LogP contribution < -0.4 is 15.2 Å². The largest absolute Gasteiger partial charge is 0.497 e. The Morgan fingerprint density at radius 2 is 1.86 bits per heavy atom. The Morgan fingerprint density at radius 1 is 1.10 bits per heavy atom. The molecule has 0 fully saturated rings. The van der Waals surface area contributed by atoms with Gasteiger partial charge in [-0.2, -0.15) is 0 Å². The Bertz CT molecular complexity index is 557. The number of hydrogen-bond acceptors (Lipinski definition) is 4. The quantitative estimate of drug-likeness (QED) is 0.788. The van der Waals surface area contributed by atoms with Gasteiger partial charge in [0.2, 0.25) is 0 Å². The van der Waals surface area contributed by atoms with Crippen molar-refractivity contribution in [2.24, 2.45) is 5.73 Å². The van der Waals surface area contributed by atoms with E-state index in [9.17, 15) is 0 Å². The van der Waals surface area contributed by atoms with Crippen molar-refractivity contribution in [1.29, 1.82) is 0 Å². The van der Waals surface area contributed by atoms with Gasteiger partial charge in [0.15, 0.2) is 0 Å². The van der Waals surface area contributed by atoms with Crippen LogP contribution in [0, 0.1) is 0 Å². The van der Waals surface area contributed by atoms with Gasteiger partial charge in [0.05, 0.1) is 13.7 Å². The van der Waals surface area contributed by atoms with E-state index in [4.69, 9.17) is 15.2 Å². The molecule has 2 N–H and O–H groups in total. The number of methoxy groups -OCH3 is 1. The molecule has 0 heterocycles. The highest BCUT2D eigenvalue weighted by Gasteiger charge is 2.07. The van der Waals surface area contributed by atoms with Crippen LogP contribution in [0.15, 0.2) is 53.4 Å². The van der Waals surface area contributed by atoms with E-state index in [1.165, 1.54) is 0 Å². The predicted octanol–water partition coefficient (Wildman–Crippen LogP) is 3.89. The van der Waals surface area contributed by atoms with Gasteiger partial charge in [-0.25, -0.2) is 0 Å². The Labute approximate surface area is 130 Å². The molecule has 21 heavy (non-hydrogen) atoms. The zero-order valence-corrected chi connectivity index (χ0v) is 13.2. The van der Waals surface area contributed by atoms with Gasteiger partial charge in [-0.1, -0.05) is 18.2 Å². The predicted molar refractivity (Wildman–Crippen MR) is 88.3 cm³/mol. The highest BCUT2D eigenvalue weighted by Crippen LogP contribution is 2.27. The summed E-state index contributed by atoms with van der Waals surface area (Å²) in [6.45, 7) is 2.65. The number of ether oxygens (including phenoxy) is 2. The Hall–Kier alpha value is -1.65. The SMILES string of the molecule is CCOc1ccc(C(N)CSc2cccc(OC)c2)cc1. The van der Waals surface area contributed by atoms with Crippen molar-refractivity contribution in [2.45, 2.75) is 17.9 Å². The minimum absolute atomic E-state index is 0.00289. The van der Waals surface area contributed by atoms with Crippen LogP contribution in [0.2, 0.25) is 0 Å². The third-order valence-electron chi connectivity index (χ3n) is 3.09. The molecule has 0 bridgehead atoms. The molecule has 0 spiro atoms. The lowest BCUT2D eigenvalue weighted by Crippen LogP contribution is -2.12. The summed E-state index contributed by atoms with van der Waals surface area (Å²) >= 11 is 1.73. The van der Waals surface area contributed by atoms with Crippen molar-refractivity contribution < 1.29 is 9.47 Å². The fourth-order valence-corrected chi connectivity index (χ4v) is 2.89. The first-order valence-electron chi connectivity index (χ1n) is 6.98. The van der Waals surface area contributed by atoms with Gasteiger partial charge in [-0.3, -0.25) is 0 Å². The van der Waals surface area contributed by atoms with Crippen molar-refractivity contribution in [1.82, 2.24) is 0 Å². The molecule has 1 atom stereocenters. The molecule has 0 saturated carbocycles. The van der Waals surface area contributed by atoms with Crippen LogP contribution in [0.25, 0.3) is 0 Å². The number of benzene rings is 2. The highest BCUT2D eigenvalue weighted by molar-refractivity contribution is 7.99. The average Bonchev–Trinajstić information content (AvgIpc) is 2.54. The highest BCUT2D eigenvalue weighted by atomic mass is 32.2. The minimum Gasteiger partial charge on any atom is -0.497 e. The summed E-state index contributed by atoms with van der Waals surface area (Å²) in [5, 5.41) is 0. The molecule has 0 amide bonds. The molecule has 2 rings (SSSR count). The first kappa shape index (κ1) is 15.7. The maximum absolute atomic E-state index is 6.24. The lowest BCUT2D eigenvalue weighted by molar-refractivity contribution is 0.340. The fourth-order valence-electron chi connectivity index (χ4n) is 1.95. The number of hydrogen-bond donors (Lipinski definition) is 1. The molecule has 0 aliphatic rings. The first-order chi connectivity index (χ1) is 10.2. The Balaban J connectivity index is 1.92. The van der Waals surface area contributed by atoms with Crippen LogP contribution >= 0.6 is 11.8 Å². The molecular formula is C17H21NO2S. The van der Waals surface area contributed by atoms with Crippen LogP contribution in [-0.4, -0.2) is 19.5 Å². The van der Waals surface area contributed by atoms with Crippen molar-refractivity contribution in [3.05, 3.63) is 54.1 Å². The number of nitrogens with two attached hydrogens (primary N) is 1. The molecule has 0 radical (unpaired) electrons. The molecular weight excluding hydrogens is 282 g/mol. The maximum atomic E-state index is 6.24. The normalized spacial score (nSPS) is 12.0. The van der Waals surface area contributed by atoms with Gasteiger partial charge < -0.3 is 15.2 Å². The summed E-state index contributed by atoms with van der Waals surface area (Å²) in [5.41, 5.74) is 7.36. The molecule has 0 aliphatic heterocycles. The third-order valence-corrected chi connectivity index (χ3v) is 4.20. The van der Waals surface area contributed by atoms with E-state index in [1.54, 1.807) is 18.9 Å². The molecule has 0 aliphatic carbocycles. The summed E-state index contributed by atoms with van der Waals surface area (Å²) < 4.78 is 10.7. The standard InChI is InChI=1S/C17H21NO2S/c1-3-20-14-9-7-13(8-10-14)17(18)12-21-16-6-4-5-15(11-16)19-2/h4-11,17H,3,12,18H2,1-2H3. The molecule has 3 nitrogen and oxygen atoms in total. The molecule has 4 heteroatoms. The van der Waals surface area contributed by atoms with Crippen molar-refractivity contribution in [2.75, 3.05) is 19.5 Å². The van der Waals surface area contributed by atoms with Crippen molar-refractivity contribution >= 4 is 11.8 Å². The van der Waals surface area contributed by atoms with Crippen LogP contribution in [0.3, 0.4) is 0 Å². The smallest absolute Gasteiger partial charge is 0.119 e. The molecule has 1 unspecified atom stereocenters. The van der Waals surface area contributed by atoms with E-state index >= 15 is 0 Å². The van der Waals surface area contributed by atoms with Gasteiger partial charge in [0, 0.05) is 16.7 Å². The van der Waals surface area contributed by atoms with Gasteiger partial charge >= 0.3 is 0 Å². The lowest BCUT2D eigenvalue weighted by atomic mass is 10.1. The monoisotopic (exact) mass is 303 g/mol. The van der Waals surface area contributed by atoms with E-state index in [1.807, 2.05) is 49.4 Å². The van der Waals surface area contributed by atoms with E-state index in [2.05, 4.69) is 6.07 Å². The van der Waals surface area contributed by atoms with E-state index in [0.717, 1.165) is 27.7 Å². The number of rotatable bonds is 7. The van der Waals surface area contributed by atoms with Gasteiger partial charge in [-0.15, -0.1) is 11.8 Å². The van der Waals surface area contributed by atoms with Crippen molar-refractivity contribution in [3.8, 4) is 11.5 Å². The van der Waals surface area contributed by atoms with Gasteiger partial charge in [0.25, 0.3) is 0 Å². The summed E-state index contributed by atoms with van der Waals surface area (Å²) in [6.07, 6.45) is 0. The van der Waals surface area contributed by atoms with Gasteiger partial charge in [0.1, 0.15) is 11.5 Å². The molecule has 0 saturated heterocycles. The maximum Gasteiger partial charge on any atom is 0.119 e. The van der Waals surface area contributed by atoms with E-state index < -0.39 is 0 Å². The molecule has 2 aromatic carbocycles. The van der Waals surface area contributed by atoms with Crippen molar-refractivity contribution in [3.63, 3.8) is 0 Å². The second-order valence-corrected chi connectivity index (χ2v) is 5.69. The van der Waals surface area contributed by atoms with Crippen LogP contribution in [0.4, 0.5) is 0 Å². The third kappa shape index (κ3) is 4.69. The van der Waals surface area contributed by atoms with Crippen LogP contribution in [0.1, 0.15) is 18.5 Å². The lowest BCUT2D eigenvalue weighted by Gasteiger charge is -2.13. The average molecular weight is 303 g/mol. The fraction of sp³-hybridized carbons (Fsp3) is 0.294.